The fraction of sp³-hybridized carbons (Fsp3) is 0.619. The number of carbonyl (C=O) groups is 2. The first-order chi connectivity index (χ1) is 13.8. The highest BCUT2D eigenvalue weighted by atomic mass is 32.2. The van der Waals surface area contributed by atoms with E-state index >= 15 is 0 Å². The zero-order valence-corrected chi connectivity index (χ0v) is 17.0. The maximum Gasteiger partial charge on any atom is 0.311 e. The number of esters is 2. The van der Waals surface area contributed by atoms with Gasteiger partial charge in [-0.15, -0.1) is 0 Å². The molecule has 1 aromatic rings. The Morgan fingerprint density at radius 2 is 1.79 bits per heavy atom. The molecule has 0 spiro atoms. The molecule has 1 aliphatic heterocycles. The first kappa shape index (κ1) is 19.1. The van der Waals surface area contributed by atoms with E-state index in [0.717, 1.165) is 18.4 Å². The molecule has 1 saturated heterocycles. The summed E-state index contributed by atoms with van der Waals surface area (Å²) < 4.78 is 42.1. The van der Waals surface area contributed by atoms with Crippen molar-refractivity contribution in [3.05, 3.63) is 35.9 Å². The number of fused-ring (bicyclic) bond motifs is 1. The molecule has 0 N–H and O–H groups in total. The Morgan fingerprint density at radius 3 is 2.45 bits per heavy atom. The molecule has 8 heteroatoms. The summed E-state index contributed by atoms with van der Waals surface area (Å²) in [7, 11) is -3.90. The van der Waals surface area contributed by atoms with E-state index < -0.39 is 57.0 Å². The number of rotatable bonds is 4. The van der Waals surface area contributed by atoms with Crippen LogP contribution in [0.5, 0.6) is 0 Å². The summed E-state index contributed by atoms with van der Waals surface area (Å²) >= 11 is 0. The molecule has 4 fully saturated rings. The first-order valence-electron chi connectivity index (χ1n) is 10.2. The van der Waals surface area contributed by atoms with Crippen molar-refractivity contribution >= 4 is 22.1 Å². The number of carbonyl (C=O) groups excluding carboxylic acids is 2. The fourth-order valence-electron chi connectivity index (χ4n) is 6.04. The molecule has 1 heterocycles. The fourth-order valence-corrected chi connectivity index (χ4v) is 8.10. The molecule has 5 rings (SSSR count). The van der Waals surface area contributed by atoms with E-state index in [2.05, 4.69) is 0 Å². The van der Waals surface area contributed by atoms with Gasteiger partial charge in [-0.3, -0.25) is 13.8 Å². The SMILES string of the molecule is CC(=O)OC1C2CC3C1OS(=O)(=O)C3C2C(=O)OC1(c2ccccc2)CCCC1. The maximum atomic E-state index is 13.4. The van der Waals surface area contributed by atoms with E-state index in [-0.39, 0.29) is 5.92 Å². The highest BCUT2D eigenvalue weighted by molar-refractivity contribution is 7.87. The highest BCUT2D eigenvalue weighted by Gasteiger charge is 2.72. The zero-order chi connectivity index (χ0) is 20.4. The van der Waals surface area contributed by atoms with E-state index in [1.807, 2.05) is 30.3 Å². The Labute approximate surface area is 169 Å². The van der Waals surface area contributed by atoms with E-state index in [0.29, 0.717) is 19.3 Å². The van der Waals surface area contributed by atoms with Gasteiger partial charge in [-0.1, -0.05) is 30.3 Å². The topological polar surface area (TPSA) is 96.0 Å². The van der Waals surface area contributed by atoms with E-state index in [9.17, 15) is 18.0 Å². The van der Waals surface area contributed by atoms with Crippen LogP contribution >= 0.6 is 0 Å². The van der Waals surface area contributed by atoms with Crippen molar-refractivity contribution in [2.75, 3.05) is 0 Å². The van der Waals surface area contributed by atoms with Crippen molar-refractivity contribution in [2.24, 2.45) is 17.8 Å². The molecule has 6 unspecified atom stereocenters. The lowest BCUT2D eigenvalue weighted by atomic mass is 9.84. The molecule has 0 radical (unpaired) electrons. The summed E-state index contributed by atoms with van der Waals surface area (Å²) in [5.74, 6) is -2.61. The van der Waals surface area contributed by atoms with Crippen LogP contribution in [-0.4, -0.2) is 37.8 Å². The zero-order valence-electron chi connectivity index (χ0n) is 16.2. The van der Waals surface area contributed by atoms with Crippen molar-refractivity contribution in [3.63, 3.8) is 0 Å². The molecule has 3 aliphatic carbocycles. The van der Waals surface area contributed by atoms with Crippen molar-refractivity contribution in [3.8, 4) is 0 Å². The van der Waals surface area contributed by atoms with Gasteiger partial charge in [0, 0.05) is 18.8 Å². The lowest BCUT2D eigenvalue weighted by molar-refractivity contribution is -0.173. The summed E-state index contributed by atoms with van der Waals surface area (Å²) in [6.45, 7) is 1.28. The first-order valence-corrected chi connectivity index (χ1v) is 11.7. The van der Waals surface area contributed by atoms with Crippen LogP contribution in [-0.2, 0) is 39.0 Å². The molecule has 3 saturated carbocycles. The summed E-state index contributed by atoms with van der Waals surface area (Å²) in [6.07, 6.45) is 2.41. The third-order valence-electron chi connectivity index (χ3n) is 7.11. The number of benzene rings is 1. The average molecular weight is 420 g/mol. The standard InChI is InChI=1S/C21H24O7S/c1-12(22)26-17-14-11-15-18(17)28-29(24,25)19(15)16(14)20(23)27-21(9-5-6-10-21)13-7-3-2-4-8-13/h2-4,7-8,14-19H,5-6,9-11H2,1H3. The quantitative estimate of drug-likeness (QED) is 0.545. The Hall–Kier alpha value is -1.93. The lowest BCUT2D eigenvalue weighted by Gasteiger charge is -2.35. The van der Waals surface area contributed by atoms with Crippen LogP contribution in [0.2, 0.25) is 0 Å². The molecule has 156 valence electrons. The molecule has 0 amide bonds. The van der Waals surface area contributed by atoms with Crippen LogP contribution in [0, 0.1) is 17.8 Å². The summed E-state index contributed by atoms with van der Waals surface area (Å²) in [4.78, 5) is 25.0. The van der Waals surface area contributed by atoms with Gasteiger partial charge in [-0.25, -0.2) is 0 Å². The molecule has 4 aliphatic rings. The summed E-state index contributed by atoms with van der Waals surface area (Å²) in [5, 5.41) is -0.911. The minimum atomic E-state index is -3.90. The van der Waals surface area contributed by atoms with Crippen molar-refractivity contribution < 1.29 is 31.7 Å². The second-order valence-corrected chi connectivity index (χ2v) is 10.4. The Morgan fingerprint density at radius 1 is 1.10 bits per heavy atom. The van der Waals surface area contributed by atoms with Crippen LogP contribution in [0.1, 0.15) is 44.6 Å². The largest absolute Gasteiger partial charge is 0.459 e. The van der Waals surface area contributed by atoms with Gasteiger partial charge in [0.05, 0.1) is 5.92 Å². The third-order valence-corrected chi connectivity index (χ3v) is 8.91. The third kappa shape index (κ3) is 2.83. The van der Waals surface area contributed by atoms with Crippen molar-refractivity contribution in [2.45, 2.75) is 62.1 Å². The van der Waals surface area contributed by atoms with Crippen LogP contribution in [0.4, 0.5) is 0 Å². The van der Waals surface area contributed by atoms with Gasteiger partial charge in [0.15, 0.2) is 0 Å². The molecule has 1 aromatic carbocycles. The van der Waals surface area contributed by atoms with Crippen molar-refractivity contribution in [1.29, 1.82) is 0 Å². The van der Waals surface area contributed by atoms with Crippen molar-refractivity contribution in [1.82, 2.24) is 0 Å². The van der Waals surface area contributed by atoms with E-state index in [1.165, 1.54) is 6.92 Å². The van der Waals surface area contributed by atoms with Crippen LogP contribution in [0.25, 0.3) is 0 Å². The summed E-state index contributed by atoms with van der Waals surface area (Å²) in [5.41, 5.74) is 0.216. The Balaban J connectivity index is 1.47. The van der Waals surface area contributed by atoms with Gasteiger partial charge in [-0.05, 0) is 37.7 Å². The number of hydrogen-bond donors (Lipinski definition) is 0. The van der Waals surface area contributed by atoms with Gasteiger partial charge in [0.25, 0.3) is 10.1 Å². The molecule has 2 bridgehead atoms. The van der Waals surface area contributed by atoms with Gasteiger partial charge >= 0.3 is 11.9 Å². The van der Waals surface area contributed by atoms with Crippen LogP contribution < -0.4 is 0 Å². The summed E-state index contributed by atoms with van der Waals surface area (Å²) in [6, 6.07) is 9.64. The van der Waals surface area contributed by atoms with Crippen LogP contribution in [0.3, 0.4) is 0 Å². The Bertz CT molecular complexity index is 935. The average Bonchev–Trinajstić information content (AvgIpc) is 3.40. The Kier molecular flexibility index (Phi) is 4.30. The minimum Gasteiger partial charge on any atom is -0.459 e. The smallest absolute Gasteiger partial charge is 0.311 e. The van der Waals surface area contributed by atoms with Gasteiger partial charge in [0.1, 0.15) is 23.1 Å². The molecule has 0 aromatic heterocycles. The molecule has 29 heavy (non-hydrogen) atoms. The molecule has 6 atom stereocenters. The van der Waals surface area contributed by atoms with Crippen LogP contribution in [0.15, 0.2) is 30.3 Å². The van der Waals surface area contributed by atoms with E-state index in [4.69, 9.17) is 13.7 Å². The van der Waals surface area contributed by atoms with E-state index in [1.54, 1.807) is 0 Å². The highest BCUT2D eigenvalue weighted by Crippen LogP contribution is 2.59. The number of hydrogen-bond acceptors (Lipinski definition) is 7. The lowest BCUT2D eigenvalue weighted by Crippen LogP contribution is -2.47. The molecular weight excluding hydrogens is 396 g/mol. The number of ether oxygens (including phenoxy) is 2. The normalized spacial score (nSPS) is 38.1. The maximum absolute atomic E-state index is 13.4. The second kappa shape index (κ2) is 6.54. The minimum absolute atomic E-state index is 0.330. The predicted octanol–water partition coefficient (Wildman–Crippen LogP) is 2.29. The second-order valence-electron chi connectivity index (χ2n) is 8.67. The van der Waals surface area contributed by atoms with Gasteiger partial charge in [-0.2, -0.15) is 8.42 Å². The monoisotopic (exact) mass is 420 g/mol. The molecular formula is C21H24O7S. The van der Waals surface area contributed by atoms with Gasteiger partial charge in [0.2, 0.25) is 0 Å². The molecule has 7 nitrogen and oxygen atoms in total. The van der Waals surface area contributed by atoms with Gasteiger partial charge < -0.3 is 9.47 Å². The predicted molar refractivity (Wildman–Crippen MR) is 101 cm³/mol.